The van der Waals surface area contributed by atoms with E-state index in [1.165, 1.54) is 29.5 Å². The van der Waals surface area contributed by atoms with Crippen LogP contribution in [-0.4, -0.2) is 29.3 Å². The van der Waals surface area contributed by atoms with Gasteiger partial charge < -0.3 is 0 Å². The maximum absolute atomic E-state index is 13.2. The first kappa shape index (κ1) is 16.2. The van der Waals surface area contributed by atoms with Crippen molar-refractivity contribution in [2.24, 2.45) is 0 Å². The molecule has 0 heterocycles. The van der Waals surface area contributed by atoms with Crippen LogP contribution in [0, 0.1) is 13.8 Å². The summed E-state index contributed by atoms with van der Waals surface area (Å²) in [5, 5.41) is 0. The highest BCUT2D eigenvalue weighted by Gasteiger charge is 2.44. The lowest BCUT2D eigenvalue weighted by Gasteiger charge is -2.39. The molecule has 0 amide bonds. The zero-order valence-electron chi connectivity index (χ0n) is 14.0. The summed E-state index contributed by atoms with van der Waals surface area (Å²) >= 11 is 0. The predicted octanol–water partition coefficient (Wildman–Crippen LogP) is 4.07. The number of nitrogens with zero attached hydrogens (tertiary/aromatic N) is 1. The van der Waals surface area contributed by atoms with Crippen molar-refractivity contribution >= 4 is 5.78 Å². The van der Waals surface area contributed by atoms with Gasteiger partial charge in [-0.1, -0.05) is 44.9 Å². The fourth-order valence-corrected chi connectivity index (χ4v) is 4.01. The second-order valence-electron chi connectivity index (χ2n) is 6.38. The Balaban J connectivity index is 2.28. The number of likely N-dealkylation sites (N-methyl/N-ethyl adjacent to an activating group) is 1. The third-order valence-corrected chi connectivity index (χ3v) is 5.30. The number of hydrogen-bond acceptors (Lipinski definition) is 2. The lowest BCUT2D eigenvalue weighted by molar-refractivity contribution is -0.130. The van der Waals surface area contributed by atoms with Crippen LogP contribution >= 0.6 is 0 Å². The molecule has 2 rings (SSSR count). The average Bonchev–Trinajstić information content (AvgIpc) is 2.95. The molecule has 0 bridgehead atoms. The van der Waals surface area contributed by atoms with Crippen LogP contribution < -0.4 is 0 Å². The van der Waals surface area contributed by atoms with Crippen molar-refractivity contribution in [1.82, 2.24) is 4.90 Å². The number of carbonyl (C=O) groups is 1. The number of rotatable bonds is 6. The highest BCUT2D eigenvalue weighted by atomic mass is 16.1. The summed E-state index contributed by atoms with van der Waals surface area (Å²) in [6.45, 7) is 10.5. The van der Waals surface area contributed by atoms with Crippen LogP contribution in [-0.2, 0) is 11.2 Å². The first-order valence-electron chi connectivity index (χ1n) is 8.38. The lowest BCUT2D eigenvalue weighted by atomic mass is 9.84. The minimum absolute atomic E-state index is 0.196. The molecule has 0 radical (unpaired) electrons. The quantitative estimate of drug-likeness (QED) is 0.786. The van der Waals surface area contributed by atoms with Crippen LogP contribution in [0.2, 0.25) is 0 Å². The average molecular weight is 287 g/mol. The van der Waals surface area contributed by atoms with E-state index in [1.807, 2.05) is 0 Å². The molecule has 21 heavy (non-hydrogen) atoms. The molecule has 0 aliphatic heterocycles. The Hall–Kier alpha value is -1.15. The van der Waals surface area contributed by atoms with Gasteiger partial charge >= 0.3 is 0 Å². The molecular weight excluding hydrogens is 258 g/mol. The van der Waals surface area contributed by atoms with Gasteiger partial charge in [0.05, 0.1) is 5.54 Å². The van der Waals surface area contributed by atoms with E-state index >= 15 is 0 Å². The number of aryl methyl sites for hydroxylation is 2. The van der Waals surface area contributed by atoms with Crippen molar-refractivity contribution in [3.05, 3.63) is 34.9 Å². The molecule has 1 aromatic carbocycles. The fourth-order valence-electron chi connectivity index (χ4n) is 4.01. The van der Waals surface area contributed by atoms with Crippen molar-refractivity contribution in [2.75, 3.05) is 13.1 Å². The van der Waals surface area contributed by atoms with E-state index in [1.54, 1.807) is 0 Å². The third-order valence-electron chi connectivity index (χ3n) is 5.30. The fraction of sp³-hybridized carbons (Fsp3) is 0.632. The second kappa shape index (κ2) is 6.74. The maximum atomic E-state index is 13.2. The molecular formula is C19H29NO. The molecule has 1 aliphatic rings. The van der Waals surface area contributed by atoms with Crippen LogP contribution in [0.5, 0.6) is 0 Å². The monoisotopic (exact) mass is 287 g/mol. The summed E-state index contributed by atoms with van der Waals surface area (Å²) in [5.74, 6) is 0.432. The van der Waals surface area contributed by atoms with Gasteiger partial charge in [0.25, 0.3) is 0 Å². The Morgan fingerprint density at radius 2 is 1.62 bits per heavy atom. The van der Waals surface area contributed by atoms with Gasteiger partial charge in [-0.15, -0.1) is 0 Å². The van der Waals surface area contributed by atoms with Gasteiger partial charge in [0, 0.05) is 6.42 Å². The standard InChI is InChI=1S/C19H29NO/c1-5-20(6-2)19(12-7-8-13-19)18(21)14-17-15(3)10-9-11-16(17)4/h9-11H,5-8,12-14H2,1-4H3. The van der Waals surface area contributed by atoms with Crippen LogP contribution in [0.15, 0.2) is 18.2 Å². The number of Topliss-reactive ketones (excluding diaryl/α,β-unsaturated/α-hetero) is 1. The van der Waals surface area contributed by atoms with Gasteiger partial charge in [-0.05, 0) is 56.5 Å². The Morgan fingerprint density at radius 3 is 2.10 bits per heavy atom. The maximum Gasteiger partial charge on any atom is 0.157 e. The number of carbonyl (C=O) groups excluding carboxylic acids is 1. The predicted molar refractivity (Wildman–Crippen MR) is 88.7 cm³/mol. The minimum atomic E-state index is -0.196. The first-order valence-corrected chi connectivity index (χ1v) is 8.38. The molecule has 2 heteroatoms. The molecule has 0 atom stereocenters. The van der Waals surface area contributed by atoms with Crippen molar-refractivity contribution < 1.29 is 4.79 Å². The summed E-state index contributed by atoms with van der Waals surface area (Å²) in [6.07, 6.45) is 5.05. The van der Waals surface area contributed by atoms with Crippen LogP contribution in [0.1, 0.15) is 56.2 Å². The van der Waals surface area contributed by atoms with E-state index in [2.05, 4.69) is 50.8 Å². The van der Waals surface area contributed by atoms with Crippen molar-refractivity contribution in [3.8, 4) is 0 Å². The number of benzene rings is 1. The molecule has 0 spiro atoms. The Morgan fingerprint density at radius 1 is 1.10 bits per heavy atom. The summed E-state index contributed by atoms with van der Waals surface area (Å²) in [5.41, 5.74) is 3.53. The van der Waals surface area contributed by atoms with Gasteiger partial charge in [0.15, 0.2) is 5.78 Å². The Labute approximate surface area is 129 Å². The smallest absolute Gasteiger partial charge is 0.157 e. The van der Waals surface area contributed by atoms with E-state index < -0.39 is 0 Å². The van der Waals surface area contributed by atoms with Gasteiger partial charge in [0.1, 0.15) is 0 Å². The first-order chi connectivity index (χ1) is 10.0. The van der Waals surface area contributed by atoms with Crippen molar-refractivity contribution in [3.63, 3.8) is 0 Å². The molecule has 0 N–H and O–H groups in total. The molecule has 1 aromatic rings. The number of hydrogen-bond donors (Lipinski definition) is 0. The van der Waals surface area contributed by atoms with E-state index in [4.69, 9.17) is 0 Å². The third kappa shape index (κ3) is 3.06. The Kier molecular flexibility index (Phi) is 5.21. The van der Waals surface area contributed by atoms with Crippen molar-refractivity contribution in [1.29, 1.82) is 0 Å². The highest BCUT2D eigenvalue weighted by Crippen LogP contribution is 2.37. The molecule has 1 aliphatic carbocycles. The van der Waals surface area contributed by atoms with Crippen molar-refractivity contribution in [2.45, 2.75) is 65.3 Å². The molecule has 1 saturated carbocycles. The van der Waals surface area contributed by atoms with E-state index in [9.17, 15) is 4.79 Å². The largest absolute Gasteiger partial charge is 0.297 e. The van der Waals surface area contributed by atoms with E-state index in [0.717, 1.165) is 25.9 Å². The van der Waals surface area contributed by atoms with Crippen LogP contribution in [0.4, 0.5) is 0 Å². The normalized spacial score (nSPS) is 17.4. The van der Waals surface area contributed by atoms with Crippen LogP contribution in [0.3, 0.4) is 0 Å². The summed E-state index contributed by atoms with van der Waals surface area (Å²) < 4.78 is 0. The zero-order valence-corrected chi connectivity index (χ0v) is 14.0. The highest BCUT2D eigenvalue weighted by molar-refractivity contribution is 5.91. The summed E-state index contributed by atoms with van der Waals surface area (Å²) in [6, 6.07) is 6.32. The molecule has 116 valence electrons. The van der Waals surface area contributed by atoms with Crippen LogP contribution in [0.25, 0.3) is 0 Å². The zero-order chi connectivity index (χ0) is 15.5. The van der Waals surface area contributed by atoms with Gasteiger partial charge in [-0.25, -0.2) is 0 Å². The minimum Gasteiger partial charge on any atom is -0.297 e. The molecule has 0 unspecified atom stereocenters. The molecule has 1 fully saturated rings. The van der Waals surface area contributed by atoms with Gasteiger partial charge in [-0.3, -0.25) is 9.69 Å². The van der Waals surface area contributed by atoms with Gasteiger partial charge in [0.2, 0.25) is 0 Å². The molecule has 0 saturated heterocycles. The topological polar surface area (TPSA) is 20.3 Å². The SMILES string of the molecule is CCN(CC)C1(C(=O)Cc2c(C)cccc2C)CCCC1. The second-order valence-corrected chi connectivity index (χ2v) is 6.38. The van der Waals surface area contributed by atoms with E-state index in [-0.39, 0.29) is 5.54 Å². The number of ketones is 1. The molecule has 2 nitrogen and oxygen atoms in total. The summed E-state index contributed by atoms with van der Waals surface area (Å²) in [4.78, 5) is 15.6. The lowest BCUT2D eigenvalue weighted by Crippen LogP contribution is -2.53. The van der Waals surface area contributed by atoms with E-state index in [0.29, 0.717) is 12.2 Å². The van der Waals surface area contributed by atoms with Gasteiger partial charge in [-0.2, -0.15) is 0 Å². The molecule has 0 aromatic heterocycles. The Bertz CT molecular complexity index is 476. The summed E-state index contributed by atoms with van der Waals surface area (Å²) in [7, 11) is 0.